The van der Waals surface area contributed by atoms with E-state index in [4.69, 9.17) is 0 Å². The van der Waals surface area contributed by atoms with Gasteiger partial charge >= 0.3 is 7.91 Å². The molecule has 0 spiro atoms. The van der Waals surface area contributed by atoms with Gasteiger partial charge in [0, 0.05) is 0 Å². The van der Waals surface area contributed by atoms with E-state index >= 15 is 0 Å². The molecule has 5 heteroatoms. The Morgan fingerprint density at radius 3 is 2.78 bits per heavy atom. The first-order chi connectivity index (χ1) is 4.10. The summed E-state index contributed by atoms with van der Waals surface area (Å²) in [6.45, 7) is 1.85. The molecule has 0 aromatic heterocycles. The zero-order valence-electron chi connectivity index (χ0n) is 5.04. The molecule has 0 radical (unpaired) electrons. The third-order valence-corrected chi connectivity index (χ3v) is 2.18. The van der Waals surface area contributed by atoms with Crippen molar-refractivity contribution in [1.82, 2.24) is 0 Å². The van der Waals surface area contributed by atoms with Crippen molar-refractivity contribution in [2.24, 2.45) is 0 Å². The van der Waals surface area contributed by atoms with Crippen molar-refractivity contribution in [1.29, 1.82) is 0 Å². The van der Waals surface area contributed by atoms with Crippen LogP contribution in [0.4, 0.5) is 4.20 Å². The van der Waals surface area contributed by atoms with Gasteiger partial charge < -0.3 is 0 Å². The molecule has 1 heterocycles. The molecule has 0 aliphatic carbocycles. The predicted octanol–water partition coefficient (Wildman–Crippen LogP) is 1.89. The third-order valence-electron chi connectivity index (χ3n) is 1.08. The molecule has 0 aromatic carbocycles. The molecule has 3 nitrogen and oxygen atoms in total. The highest BCUT2D eigenvalue weighted by atomic mass is 31.2. The first-order valence-electron chi connectivity index (χ1n) is 2.73. The normalized spacial score (nSPS) is 44.9. The minimum Gasteiger partial charge on any atom is -0.283 e. The van der Waals surface area contributed by atoms with Crippen LogP contribution in [0.25, 0.3) is 0 Å². The maximum Gasteiger partial charge on any atom is 0.513 e. The molecule has 2 atom stereocenters. The van der Waals surface area contributed by atoms with E-state index in [1.54, 1.807) is 6.92 Å². The molecule has 0 saturated carbocycles. The quantitative estimate of drug-likeness (QED) is 0.500. The zero-order chi connectivity index (χ0) is 6.91. The molecule has 1 aliphatic heterocycles. The Kier molecular flexibility index (Phi) is 1.89. The molecular weight excluding hydrogens is 146 g/mol. The van der Waals surface area contributed by atoms with Gasteiger partial charge in [-0.1, -0.05) is 0 Å². The standard InChI is InChI=1S/C4H8FO3P/c1-4-2-3-7-9(5,6)8-4/h4H,2-3H2,1H3. The van der Waals surface area contributed by atoms with Gasteiger partial charge in [-0.15, -0.1) is 4.20 Å². The van der Waals surface area contributed by atoms with Gasteiger partial charge in [0.25, 0.3) is 0 Å². The fourth-order valence-corrected chi connectivity index (χ4v) is 1.55. The smallest absolute Gasteiger partial charge is 0.283 e. The zero-order valence-corrected chi connectivity index (χ0v) is 5.94. The van der Waals surface area contributed by atoms with Gasteiger partial charge in [-0.2, -0.15) is 0 Å². The average molecular weight is 154 g/mol. The molecule has 9 heavy (non-hydrogen) atoms. The third kappa shape index (κ3) is 2.05. The van der Waals surface area contributed by atoms with E-state index in [1.807, 2.05) is 0 Å². The summed E-state index contributed by atoms with van der Waals surface area (Å²) in [6, 6.07) is 0. The largest absolute Gasteiger partial charge is 0.513 e. The van der Waals surface area contributed by atoms with E-state index in [1.165, 1.54) is 0 Å². The molecule has 0 amide bonds. The summed E-state index contributed by atoms with van der Waals surface area (Å²) in [5, 5.41) is 0. The maximum absolute atomic E-state index is 12.2. The second-order valence-electron chi connectivity index (χ2n) is 1.97. The first kappa shape index (κ1) is 7.19. The van der Waals surface area contributed by atoms with E-state index in [0.29, 0.717) is 6.42 Å². The van der Waals surface area contributed by atoms with Crippen LogP contribution in [0.5, 0.6) is 0 Å². The lowest BCUT2D eigenvalue weighted by molar-refractivity contribution is 0.0724. The molecule has 1 fully saturated rings. The van der Waals surface area contributed by atoms with Gasteiger partial charge in [0.1, 0.15) is 0 Å². The van der Waals surface area contributed by atoms with Crippen LogP contribution in [0.15, 0.2) is 0 Å². The van der Waals surface area contributed by atoms with Crippen LogP contribution in [0.2, 0.25) is 0 Å². The monoisotopic (exact) mass is 154 g/mol. The molecule has 2 unspecified atom stereocenters. The molecule has 54 valence electrons. The summed E-state index contributed by atoms with van der Waals surface area (Å²) >= 11 is 0. The lowest BCUT2D eigenvalue weighted by atomic mass is 10.3. The van der Waals surface area contributed by atoms with Crippen LogP contribution in [0, 0.1) is 0 Å². The summed E-state index contributed by atoms with van der Waals surface area (Å²) < 4.78 is 31.1. The Balaban J connectivity index is 2.51. The molecule has 0 aromatic rings. The second-order valence-corrected chi connectivity index (χ2v) is 3.30. The van der Waals surface area contributed by atoms with Gasteiger partial charge in [0.05, 0.1) is 12.7 Å². The maximum atomic E-state index is 12.2. The Hall–Kier alpha value is 0.0800. The number of rotatable bonds is 0. The second kappa shape index (κ2) is 2.37. The van der Waals surface area contributed by atoms with E-state index in [2.05, 4.69) is 9.05 Å². The predicted molar refractivity (Wildman–Crippen MR) is 29.8 cm³/mol. The fourth-order valence-electron chi connectivity index (χ4n) is 0.626. The summed E-state index contributed by atoms with van der Waals surface area (Å²) in [4.78, 5) is 0. The highest BCUT2D eigenvalue weighted by molar-refractivity contribution is 7.48. The van der Waals surface area contributed by atoms with Crippen molar-refractivity contribution in [3.8, 4) is 0 Å². The molecule has 1 aliphatic rings. The van der Waals surface area contributed by atoms with E-state index in [9.17, 15) is 8.76 Å². The van der Waals surface area contributed by atoms with Crippen molar-refractivity contribution < 1.29 is 17.8 Å². The molecule has 0 N–H and O–H groups in total. The van der Waals surface area contributed by atoms with Crippen LogP contribution in [-0.2, 0) is 13.6 Å². The Morgan fingerprint density at radius 2 is 2.44 bits per heavy atom. The minimum atomic E-state index is -4.14. The van der Waals surface area contributed by atoms with Crippen LogP contribution in [0.3, 0.4) is 0 Å². The van der Waals surface area contributed by atoms with Crippen molar-refractivity contribution >= 4 is 7.91 Å². The van der Waals surface area contributed by atoms with Crippen molar-refractivity contribution in [2.75, 3.05) is 6.61 Å². The average Bonchev–Trinajstić information content (AvgIpc) is 1.60. The molecule has 1 saturated heterocycles. The van der Waals surface area contributed by atoms with Crippen molar-refractivity contribution in [2.45, 2.75) is 19.4 Å². The summed E-state index contributed by atoms with van der Waals surface area (Å²) in [7, 11) is -4.14. The first-order valence-corrected chi connectivity index (χ1v) is 4.16. The fraction of sp³-hybridized carbons (Fsp3) is 1.00. The van der Waals surface area contributed by atoms with Crippen LogP contribution in [-0.4, -0.2) is 12.7 Å². The SMILES string of the molecule is CC1CCOP(=O)(F)O1. The van der Waals surface area contributed by atoms with E-state index in [-0.39, 0.29) is 12.7 Å². The van der Waals surface area contributed by atoms with Crippen molar-refractivity contribution in [3.63, 3.8) is 0 Å². The Bertz CT molecular complexity index is 149. The lowest BCUT2D eigenvalue weighted by Gasteiger charge is -2.20. The summed E-state index contributed by atoms with van der Waals surface area (Å²) in [5.74, 6) is 0. The van der Waals surface area contributed by atoms with Gasteiger partial charge in [-0.3, -0.25) is 9.05 Å². The summed E-state index contributed by atoms with van der Waals surface area (Å²) in [6.07, 6.45) is 0.322. The van der Waals surface area contributed by atoms with Crippen molar-refractivity contribution in [3.05, 3.63) is 0 Å². The number of hydrogen-bond donors (Lipinski definition) is 0. The van der Waals surface area contributed by atoms with Crippen LogP contribution >= 0.6 is 7.91 Å². The van der Waals surface area contributed by atoms with Crippen LogP contribution in [0.1, 0.15) is 13.3 Å². The minimum absolute atomic E-state index is 0.189. The van der Waals surface area contributed by atoms with E-state index < -0.39 is 7.91 Å². The van der Waals surface area contributed by atoms with Gasteiger partial charge in [0.15, 0.2) is 0 Å². The van der Waals surface area contributed by atoms with Gasteiger partial charge in [0.2, 0.25) is 0 Å². The topological polar surface area (TPSA) is 35.5 Å². The molecule has 0 bridgehead atoms. The Labute approximate surface area is 52.8 Å². The Morgan fingerprint density at radius 1 is 1.78 bits per heavy atom. The highest BCUT2D eigenvalue weighted by Crippen LogP contribution is 2.53. The van der Waals surface area contributed by atoms with E-state index in [0.717, 1.165) is 0 Å². The molecule has 1 rings (SSSR count). The molecular formula is C4H8FO3P. The van der Waals surface area contributed by atoms with Gasteiger partial charge in [-0.05, 0) is 13.3 Å². The lowest BCUT2D eigenvalue weighted by Crippen LogP contribution is -2.14. The summed E-state index contributed by atoms with van der Waals surface area (Å²) in [5.41, 5.74) is 0. The number of halogens is 1. The number of hydrogen-bond acceptors (Lipinski definition) is 3. The van der Waals surface area contributed by atoms with Gasteiger partial charge in [-0.25, -0.2) is 4.57 Å². The van der Waals surface area contributed by atoms with Crippen LogP contribution < -0.4 is 0 Å². The highest BCUT2D eigenvalue weighted by Gasteiger charge is 2.31.